The highest BCUT2D eigenvalue weighted by Gasteiger charge is 2.38. The fraction of sp³-hybridized carbons (Fsp3) is 0.385. The summed E-state index contributed by atoms with van der Waals surface area (Å²) in [6.07, 6.45) is 5.40. The Labute approximate surface area is 100 Å². The van der Waals surface area contributed by atoms with Crippen molar-refractivity contribution in [1.82, 2.24) is 10.3 Å². The maximum absolute atomic E-state index is 10.7. The van der Waals surface area contributed by atoms with Crippen molar-refractivity contribution in [2.75, 3.05) is 0 Å². The quantitative estimate of drug-likeness (QED) is 0.823. The fourth-order valence-corrected chi connectivity index (χ4v) is 2.38. The third-order valence-corrected chi connectivity index (χ3v) is 3.39. The molecule has 90 valence electrons. The van der Waals surface area contributed by atoms with Crippen LogP contribution in [0.3, 0.4) is 0 Å². The SMILES string of the molecule is CC1(C)C(c2cccnc2)=CCC1NC(=O)O. The van der Waals surface area contributed by atoms with E-state index in [0.29, 0.717) is 0 Å². The molecule has 0 fully saturated rings. The minimum Gasteiger partial charge on any atom is -0.465 e. The number of carboxylic acid groups (broad SMARTS) is 1. The molecule has 0 aromatic carbocycles. The summed E-state index contributed by atoms with van der Waals surface area (Å²) in [5.74, 6) is 0. The van der Waals surface area contributed by atoms with Crippen LogP contribution in [0.15, 0.2) is 30.6 Å². The van der Waals surface area contributed by atoms with Gasteiger partial charge in [0.2, 0.25) is 0 Å². The molecule has 1 heterocycles. The van der Waals surface area contributed by atoms with Crippen molar-refractivity contribution in [2.24, 2.45) is 5.41 Å². The van der Waals surface area contributed by atoms with Crippen molar-refractivity contribution >= 4 is 11.7 Å². The van der Waals surface area contributed by atoms with Gasteiger partial charge in [-0.15, -0.1) is 0 Å². The van der Waals surface area contributed by atoms with E-state index < -0.39 is 6.09 Å². The number of aromatic nitrogens is 1. The number of nitrogens with one attached hydrogen (secondary N) is 1. The lowest BCUT2D eigenvalue weighted by molar-refractivity contribution is 0.182. The van der Waals surface area contributed by atoms with E-state index >= 15 is 0 Å². The van der Waals surface area contributed by atoms with Gasteiger partial charge < -0.3 is 10.4 Å². The lowest BCUT2D eigenvalue weighted by Gasteiger charge is -2.30. The van der Waals surface area contributed by atoms with Gasteiger partial charge in [0.1, 0.15) is 0 Å². The number of pyridine rings is 1. The van der Waals surface area contributed by atoms with Crippen LogP contribution in [0.5, 0.6) is 0 Å². The van der Waals surface area contributed by atoms with Crippen molar-refractivity contribution in [3.63, 3.8) is 0 Å². The van der Waals surface area contributed by atoms with Crippen LogP contribution in [0.4, 0.5) is 4.79 Å². The second kappa shape index (κ2) is 4.20. The molecule has 17 heavy (non-hydrogen) atoms. The molecule has 0 spiro atoms. The molecule has 1 unspecified atom stereocenters. The Morgan fingerprint density at radius 3 is 2.94 bits per heavy atom. The minimum absolute atomic E-state index is 0.0739. The van der Waals surface area contributed by atoms with Crippen molar-refractivity contribution in [3.8, 4) is 0 Å². The molecule has 4 heteroatoms. The molecule has 2 rings (SSSR count). The van der Waals surface area contributed by atoms with Gasteiger partial charge in [-0.25, -0.2) is 4.79 Å². The van der Waals surface area contributed by atoms with Gasteiger partial charge in [0.05, 0.1) is 0 Å². The molecule has 4 nitrogen and oxygen atoms in total. The van der Waals surface area contributed by atoms with Gasteiger partial charge >= 0.3 is 6.09 Å². The predicted molar refractivity (Wildman–Crippen MR) is 65.6 cm³/mol. The van der Waals surface area contributed by atoms with Crippen molar-refractivity contribution in [3.05, 3.63) is 36.2 Å². The van der Waals surface area contributed by atoms with Gasteiger partial charge in [0, 0.05) is 23.9 Å². The molecule has 1 aromatic heterocycles. The molecular weight excluding hydrogens is 216 g/mol. The molecular formula is C13H16N2O2. The fourth-order valence-electron chi connectivity index (χ4n) is 2.38. The van der Waals surface area contributed by atoms with E-state index in [1.807, 2.05) is 18.3 Å². The molecule has 0 aliphatic heterocycles. The smallest absolute Gasteiger partial charge is 0.404 e. The van der Waals surface area contributed by atoms with E-state index in [1.54, 1.807) is 6.20 Å². The molecule has 0 saturated carbocycles. The number of nitrogens with zero attached hydrogens (tertiary/aromatic N) is 1. The maximum atomic E-state index is 10.7. The Morgan fingerprint density at radius 2 is 2.35 bits per heavy atom. The number of hydrogen-bond donors (Lipinski definition) is 2. The maximum Gasteiger partial charge on any atom is 0.404 e. The first-order chi connectivity index (χ1) is 8.01. The molecule has 1 aromatic rings. The number of amides is 1. The van der Waals surface area contributed by atoms with Gasteiger partial charge in [-0.2, -0.15) is 0 Å². The zero-order chi connectivity index (χ0) is 12.5. The minimum atomic E-state index is -0.969. The molecule has 0 saturated heterocycles. The summed E-state index contributed by atoms with van der Waals surface area (Å²) in [6.45, 7) is 4.11. The highest BCUT2D eigenvalue weighted by Crippen LogP contribution is 2.43. The largest absolute Gasteiger partial charge is 0.465 e. The van der Waals surface area contributed by atoms with E-state index in [0.717, 1.165) is 17.6 Å². The van der Waals surface area contributed by atoms with E-state index in [1.165, 1.54) is 0 Å². The first-order valence-corrected chi connectivity index (χ1v) is 5.62. The van der Waals surface area contributed by atoms with Gasteiger partial charge in [0.15, 0.2) is 0 Å². The second-order valence-corrected chi connectivity index (χ2v) is 4.82. The average Bonchev–Trinajstić information content (AvgIpc) is 2.55. The normalized spacial score (nSPS) is 22.0. The summed E-state index contributed by atoms with van der Waals surface area (Å²) in [7, 11) is 0. The second-order valence-electron chi connectivity index (χ2n) is 4.82. The van der Waals surface area contributed by atoms with Crippen LogP contribution >= 0.6 is 0 Å². The molecule has 0 bridgehead atoms. The van der Waals surface area contributed by atoms with Crippen LogP contribution in [0.25, 0.3) is 5.57 Å². The number of carbonyl (C=O) groups is 1. The van der Waals surface area contributed by atoms with Crippen molar-refractivity contribution in [1.29, 1.82) is 0 Å². The molecule has 1 amide bonds. The first-order valence-electron chi connectivity index (χ1n) is 5.62. The topological polar surface area (TPSA) is 62.2 Å². The Kier molecular flexibility index (Phi) is 2.88. The lowest BCUT2D eigenvalue weighted by atomic mass is 9.79. The first kappa shape index (κ1) is 11.6. The Morgan fingerprint density at radius 1 is 1.59 bits per heavy atom. The van der Waals surface area contributed by atoms with Gasteiger partial charge in [0.25, 0.3) is 0 Å². The zero-order valence-corrected chi connectivity index (χ0v) is 9.97. The number of rotatable bonds is 2. The summed E-state index contributed by atoms with van der Waals surface area (Å²) in [5.41, 5.74) is 2.01. The summed E-state index contributed by atoms with van der Waals surface area (Å²) in [6, 6.07) is 3.82. The summed E-state index contributed by atoms with van der Waals surface area (Å²) in [5, 5.41) is 11.4. The summed E-state index contributed by atoms with van der Waals surface area (Å²) < 4.78 is 0. The standard InChI is InChI=1S/C13H16N2O2/c1-13(2)10(9-4-3-7-14-8-9)5-6-11(13)15-12(16)17/h3-5,7-8,11,15H,6H2,1-2H3,(H,16,17). The van der Waals surface area contributed by atoms with Crippen LogP contribution in [-0.4, -0.2) is 22.2 Å². The number of hydrogen-bond acceptors (Lipinski definition) is 2. The molecule has 1 aliphatic rings. The summed E-state index contributed by atoms with van der Waals surface area (Å²) >= 11 is 0. The molecule has 0 radical (unpaired) electrons. The van der Waals surface area contributed by atoms with Crippen molar-refractivity contribution in [2.45, 2.75) is 26.3 Å². The highest BCUT2D eigenvalue weighted by molar-refractivity contribution is 5.74. The van der Waals surface area contributed by atoms with E-state index in [2.05, 4.69) is 30.2 Å². The van der Waals surface area contributed by atoms with Crippen LogP contribution in [0.1, 0.15) is 25.8 Å². The van der Waals surface area contributed by atoms with Crippen molar-refractivity contribution < 1.29 is 9.90 Å². The predicted octanol–water partition coefficient (Wildman–Crippen LogP) is 2.53. The zero-order valence-electron chi connectivity index (χ0n) is 9.97. The highest BCUT2D eigenvalue weighted by atomic mass is 16.4. The molecule has 1 atom stereocenters. The Hall–Kier alpha value is -1.84. The lowest BCUT2D eigenvalue weighted by Crippen LogP contribution is -2.42. The van der Waals surface area contributed by atoms with Crippen LogP contribution in [0.2, 0.25) is 0 Å². The Balaban J connectivity index is 2.25. The monoisotopic (exact) mass is 232 g/mol. The third kappa shape index (κ3) is 2.16. The van der Waals surface area contributed by atoms with Gasteiger partial charge in [-0.1, -0.05) is 26.0 Å². The molecule has 2 N–H and O–H groups in total. The van der Waals surface area contributed by atoms with E-state index in [9.17, 15) is 4.79 Å². The van der Waals surface area contributed by atoms with E-state index in [4.69, 9.17) is 5.11 Å². The van der Waals surface area contributed by atoms with Gasteiger partial charge in [-0.05, 0) is 23.6 Å². The van der Waals surface area contributed by atoms with Crippen LogP contribution in [0, 0.1) is 5.41 Å². The average molecular weight is 232 g/mol. The van der Waals surface area contributed by atoms with Crippen LogP contribution in [-0.2, 0) is 0 Å². The summed E-state index contributed by atoms with van der Waals surface area (Å²) in [4.78, 5) is 14.8. The molecule has 1 aliphatic carbocycles. The third-order valence-electron chi connectivity index (χ3n) is 3.39. The van der Waals surface area contributed by atoms with E-state index in [-0.39, 0.29) is 11.5 Å². The van der Waals surface area contributed by atoms with Crippen LogP contribution < -0.4 is 5.32 Å². The Bertz CT molecular complexity index is 452. The van der Waals surface area contributed by atoms with Gasteiger partial charge in [-0.3, -0.25) is 4.98 Å².